The first kappa shape index (κ1) is 35.8. The fourth-order valence-electron chi connectivity index (χ4n) is 4.72. The van der Waals surface area contributed by atoms with Gasteiger partial charge in [0, 0.05) is 25.1 Å². The van der Waals surface area contributed by atoms with E-state index in [9.17, 15) is 0 Å². The summed E-state index contributed by atoms with van der Waals surface area (Å²) in [6, 6.07) is 8.94. The Bertz CT molecular complexity index is 1170. The van der Waals surface area contributed by atoms with E-state index >= 15 is 0 Å². The van der Waals surface area contributed by atoms with Crippen LogP contribution in [0.5, 0.6) is 0 Å². The van der Waals surface area contributed by atoms with Crippen molar-refractivity contribution >= 4 is 55.4 Å². The van der Waals surface area contributed by atoms with Crippen LogP contribution in [0.1, 0.15) is 111 Å². The first-order valence-electron chi connectivity index (χ1n) is 15.2. The number of allylic oxidation sites excluding steroid dienone is 1. The molecule has 1 fully saturated rings. The standard InChI is InChI=1S/C26H37N6PS.3C2H6/c1-6-10-17(2)27-24-16-22(25-26(30-24)32(33)18(3)28-25)29-21-14-13-20(15-23(21)31(4)34-5)19-11-8-7-9-12-19;3*1-2/h13-16,19H,2,6-12,33H2,1,3-5H3,(H2,27,29,30);3*1-2H3. The monoisotopic (exact) mass is 586 g/mol. The minimum Gasteiger partial charge on any atom is -0.352 e. The first-order chi connectivity index (χ1) is 19.4. The topological polar surface area (TPSA) is 58.0 Å². The van der Waals surface area contributed by atoms with Crippen LogP contribution in [0, 0.1) is 6.92 Å². The van der Waals surface area contributed by atoms with Crippen LogP contribution in [0.4, 0.5) is 22.9 Å². The van der Waals surface area contributed by atoms with Crippen molar-refractivity contribution in [2.24, 2.45) is 0 Å². The molecule has 0 radical (unpaired) electrons. The maximum absolute atomic E-state index is 4.82. The van der Waals surface area contributed by atoms with Gasteiger partial charge in [-0.2, -0.15) is 0 Å². The number of aryl methyl sites for hydroxylation is 1. The number of aromatic nitrogens is 3. The predicted octanol–water partition coefficient (Wildman–Crippen LogP) is 10.7. The highest BCUT2D eigenvalue weighted by Gasteiger charge is 2.20. The Labute approximate surface area is 251 Å². The van der Waals surface area contributed by atoms with E-state index in [1.54, 1.807) is 11.9 Å². The van der Waals surface area contributed by atoms with Gasteiger partial charge in [-0.15, -0.1) is 0 Å². The van der Waals surface area contributed by atoms with Gasteiger partial charge in [0.05, 0.1) is 17.1 Å². The molecule has 2 heterocycles. The third-order valence-electron chi connectivity index (χ3n) is 6.66. The lowest BCUT2D eigenvalue weighted by molar-refractivity contribution is 0.444. The van der Waals surface area contributed by atoms with Crippen LogP contribution in [-0.2, 0) is 0 Å². The molecule has 1 atom stereocenters. The number of imidazole rings is 1. The number of pyridine rings is 1. The molecule has 1 aliphatic carbocycles. The zero-order valence-electron chi connectivity index (χ0n) is 26.8. The first-order valence-corrected chi connectivity index (χ1v) is 16.9. The van der Waals surface area contributed by atoms with E-state index in [-0.39, 0.29) is 0 Å². The summed E-state index contributed by atoms with van der Waals surface area (Å²) in [5.41, 5.74) is 7.27. The quantitative estimate of drug-likeness (QED) is 0.192. The van der Waals surface area contributed by atoms with E-state index in [2.05, 4.69) is 69.3 Å². The second-order valence-electron chi connectivity index (χ2n) is 9.15. The van der Waals surface area contributed by atoms with Crippen molar-refractivity contribution in [3.8, 4) is 0 Å². The molecule has 2 N–H and O–H groups in total. The zero-order chi connectivity index (χ0) is 30.2. The van der Waals surface area contributed by atoms with E-state index in [0.717, 1.165) is 52.7 Å². The van der Waals surface area contributed by atoms with E-state index in [0.29, 0.717) is 5.92 Å². The highest BCUT2D eigenvalue weighted by atomic mass is 32.2. The fourth-order valence-corrected chi connectivity index (χ4v) is 5.31. The molecule has 1 aliphatic rings. The summed E-state index contributed by atoms with van der Waals surface area (Å²) in [7, 11) is 4.85. The summed E-state index contributed by atoms with van der Waals surface area (Å²) in [6.45, 7) is 20.3. The smallest absolute Gasteiger partial charge is 0.167 e. The van der Waals surface area contributed by atoms with Crippen molar-refractivity contribution < 1.29 is 0 Å². The van der Waals surface area contributed by atoms with Crippen molar-refractivity contribution in [3.63, 3.8) is 0 Å². The number of hydrogen-bond acceptors (Lipinski definition) is 6. The van der Waals surface area contributed by atoms with Gasteiger partial charge in [0.1, 0.15) is 17.2 Å². The number of nitrogens with zero attached hydrogens (tertiary/aromatic N) is 4. The third-order valence-corrected chi connectivity index (χ3v) is 8.02. The minimum absolute atomic E-state index is 0.667. The van der Waals surface area contributed by atoms with Crippen molar-refractivity contribution in [3.05, 3.63) is 47.9 Å². The van der Waals surface area contributed by atoms with Gasteiger partial charge >= 0.3 is 0 Å². The molecule has 3 aromatic rings. The Balaban J connectivity index is 0.00000125. The Kier molecular flexibility index (Phi) is 17.0. The largest absolute Gasteiger partial charge is 0.352 e. The molecule has 0 spiro atoms. The summed E-state index contributed by atoms with van der Waals surface area (Å²) in [5, 5.41) is 7.09. The van der Waals surface area contributed by atoms with Crippen LogP contribution in [-0.4, -0.2) is 27.6 Å². The second-order valence-corrected chi connectivity index (χ2v) is 10.6. The number of fused-ring (bicyclic) bond motifs is 1. The van der Waals surface area contributed by atoms with Crippen LogP contribution in [0.3, 0.4) is 0 Å². The van der Waals surface area contributed by atoms with Crippen LogP contribution >= 0.6 is 21.3 Å². The molecular formula is C32H55N6PS. The number of rotatable bonds is 9. The number of hydrogen-bond donors (Lipinski definition) is 2. The molecule has 40 heavy (non-hydrogen) atoms. The summed E-state index contributed by atoms with van der Waals surface area (Å²) < 4.78 is 4.18. The minimum atomic E-state index is 0.667. The highest BCUT2D eigenvalue weighted by Crippen LogP contribution is 2.40. The molecule has 1 aromatic carbocycles. The van der Waals surface area contributed by atoms with Crippen LogP contribution < -0.4 is 14.9 Å². The average molecular weight is 587 g/mol. The molecule has 0 saturated heterocycles. The maximum atomic E-state index is 4.82. The molecule has 1 unspecified atom stereocenters. The molecule has 0 amide bonds. The van der Waals surface area contributed by atoms with Crippen molar-refractivity contribution in [2.45, 2.75) is 106 Å². The molecule has 4 rings (SSSR count). The van der Waals surface area contributed by atoms with Crippen molar-refractivity contribution in [2.75, 3.05) is 28.2 Å². The Morgan fingerprint density at radius 2 is 1.70 bits per heavy atom. The van der Waals surface area contributed by atoms with E-state index < -0.39 is 0 Å². The average Bonchev–Trinajstić information content (AvgIpc) is 3.29. The van der Waals surface area contributed by atoms with E-state index in [1.165, 1.54) is 43.4 Å². The molecule has 0 aliphatic heterocycles. The van der Waals surface area contributed by atoms with Crippen LogP contribution in [0.15, 0.2) is 36.5 Å². The normalized spacial score (nSPS) is 12.7. The van der Waals surface area contributed by atoms with Crippen LogP contribution in [0.2, 0.25) is 0 Å². The predicted molar refractivity (Wildman–Crippen MR) is 187 cm³/mol. The van der Waals surface area contributed by atoms with Gasteiger partial charge in [0.15, 0.2) is 5.65 Å². The highest BCUT2D eigenvalue weighted by molar-refractivity contribution is 7.99. The van der Waals surface area contributed by atoms with Crippen LogP contribution in [0.25, 0.3) is 11.2 Å². The molecule has 224 valence electrons. The van der Waals surface area contributed by atoms with Gasteiger partial charge in [-0.25, -0.2) is 9.97 Å². The van der Waals surface area contributed by atoms with Gasteiger partial charge in [-0.3, -0.25) is 4.34 Å². The molecular weight excluding hydrogens is 531 g/mol. The second kappa shape index (κ2) is 19.0. The van der Waals surface area contributed by atoms with Gasteiger partial charge in [0.2, 0.25) is 0 Å². The van der Waals surface area contributed by atoms with Gasteiger partial charge in [0.25, 0.3) is 0 Å². The number of nitrogens with one attached hydrogen (secondary N) is 2. The van der Waals surface area contributed by atoms with Gasteiger partial charge < -0.3 is 14.9 Å². The van der Waals surface area contributed by atoms with E-state index in [1.807, 2.05) is 58.9 Å². The Hall–Kier alpha value is -2.24. The maximum Gasteiger partial charge on any atom is 0.167 e. The summed E-state index contributed by atoms with van der Waals surface area (Å²) in [5.74, 6) is 2.34. The molecule has 0 bridgehead atoms. The molecule has 1 saturated carbocycles. The number of anilines is 4. The third kappa shape index (κ3) is 9.41. The molecule has 2 aromatic heterocycles. The molecule has 8 heteroatoms. The van der Waals surface area contributed by atoms with Gasteiger partial charge in [-0.05, 0) is 59.2 Å². The lowest BCUT2D eigenvalue weighted by atomic mass is 9.84. The molecule has 6 nitrogen and oxygen atoms in total. The fraction of sp³-hybridized carbons (Fsp3) is 0.562. The Morgan fingerprint density at radius 3 is 2.30 bits per heavy atom. The van der Waals surface area contributed by atoms with E-state index in [4.69, 9.17) is 9.97 Å². The van der Waals surface area contributed by atoms with Crippen molar-refractivity contribution in [1.82, 2.24) is 14.3 Å². The van der Waals surface area contributed by atoms with Crippen molar-refractivity contribution in [1.29, 1.82) is 0 Å². The zero-order valence-corrected chi connectivity index (χ0v) is 28.8. The Morgan fingerprint density at radius 1 is 1.05 bits per heavy atom. The van der Waals surface area contributed by atoms with Gasteiger partial charge in [-0.1, -0.05) is 98.7 Å². The SMILES string of the molecule is C=C(CCC)Nc1cc(Nc2ccc(C3CCCCC3)cc2N(C)SC)c2nc(C)n(P)c2n1.CC.CC.CC. The summed E-state index contributed by atoms with van der Waals surface area (Å²) in [6.07, 6.45) is 10.7. The summed E-state index contributed by atoms with van der Waals surface area (Å²) >= 11 is 1.72. The lowest BCUT2D eigenvalue weighted by Crippen LogP contribution is -2.11. The lowest BCUT2D eigenvalue weighted by Gasteiger charge is -2.26. The summed E-state index contributed by atoms with van der Waals surface area (Å²) in [4.78, 5) is 9.62. The number of benzene rings is 1.